The van der Waals surface area contributed by atoms with Crippen LogP contribution in [0.4, 0.5) is 0 Å². The van der Waals surface area contributed by atoms with E-state index in [-0.39, 0.29) is 28.4 Å². The molecule has 3 aromatic rings. The Balaban J connectivity index is 0.00000408. The predicted molar refractivity (Wildman–Crippen MR) is 127 cm³/mol. The summed E-state index contributed by atoms with van der Waals surface area (Å²) in [6.07, 6.45) is 0.683. The van der Waals surface area contributed by atoms with Gasteiger partial charge in [0.2, 0.25) is 10.0 Å². The zero-order valence-corrected chi connectivity index (χ0v) is 20.2. The van der Waals surface area contributed by atoms with Crippen LogP contribution in [0.15, 0.2) is 63.9 Å². The molecule has 2 aromatic carbocycles. The number of carbonyl (C=O) groups excluding carboxylic acids is 2. The molecule has 3 N–H and O–H groups in total. The Hall–Kier alpha value is -3.18. The highest BCUT2D eigenvalue weighted by atomic mass is 35.5. The number of nitrogens with two attached hydrogens (primary N) is 1. The number of halogens is 1. The third-order valence-electron chi connectivity index (χ3n) is 4.86. The van der Waals surface area contributed by atoms with E-state index in [1.165, 1.54) is 32.4 Å². The van der Waals surface area contributed by atoms with E-state index in [2.05, 4.69) is 5.32 Å². The second-order valence-electron chi connectivity index (χ2n) is 7.16. The van der Waals surface area contributed by atoms with E-state index >= 15 is 0 Å². The van der Waals surface area contributed by atoms with Gasteiger partial charge >= 0.3 is 11.9 Å². The first kappa shape index (κ1) is 27.1. The maximum absolute atomic E-state index is 12.0. The van der Waals surface area contributed by atoms with Crippen molar-refractivity contribution in [3.8, 4) is 11.3 Å². The molecule has 0 saturated heterocycles. The molecule has 0 bridgehead atoms. The number of rotatable bonds is 9. The molecule has 1 aromatic heterocycles. The van der Waals surface area contributed by atoms with Crippen molar-refractivity contribution in [2.45, 2.75) is 17.9 Å². The maximum atomic E-state index is 12.0. The highest BCUT2D eigenvalue weighted by Gasteiger charge is 2.16. The summed E-state index contributed by atoms with van der Waals surface area (Å²) in [5.74, 6) is -0.000890. The minimum atomic E-state index is -3.70. The molecule has 0 amide bonds. The molecule has 11 heteroatoms. The molecular formula is C23H25ClN2O7S. The molecule has 0 spiro atoms. The summed E-state index contributed by atoms with van der Waals surface area (Å²) in [5, 5.41) is 8.35. The zero-order valence-electron chi connectivity index (χ0n) is 18.6. The van der Waals surface area contributed by atoms with Crippen molar-refractivity contribution in [2.24, 2.45) is 5.14 Å². The second-order valence-corrected chi connectivity index (χ2v) is 8.73. The lowest BCUT2D eigenvalue weighted by Gasteiger charge is -2.07. The van der Waals surface area contributed by atoms with E-state index in [4.69, 9.17) is 19.0 Å². The van der Waals surface area contributed by atoms with Crippen LogP contribution in [0, 0.1) is 0 Å². The number of esters is 2. The molecule has 0 saturated carbocycles. The largest absolute Gasteiger partial charge is 0.465 e. The van der Waals surface area contributed by atoms with E-state index in [0.29, 0.717) is 36.6 Å². The molecule has 3 rings (SSSR count). The van der Waals surface area contributed by atoms with Gasteiger partial charge in [0.15, 0.2) is 0 Å². The van der Waals surface area contributed by atoms with Crippen molar-refractivity contribution in [1.29, 1.82) is 0 Å². The average molecular weight is 509 g/mol. The summed E-state index contributed by atoms with van der Waals surface area (Å²) in [6, 6.07) is 14.5. The highest BCUT2D eigenvalue weighted by Crippen LogP contribution is 2.26. The quantitative estimate of drug-likeness (QED) is 0.332. The van der Waals surface area contributed by atoms with Crippen molar-refractivity contribution in [2.75, 3.05) is 20.8 Å². The second kappa shape index (κ2) is 11.8. The topological polar surface area (TPSA) is 138 Å². The SMILES string of the molecule is COC(=O)c1cc(C(=O)OC)cc(-c2ccc(CNCCc3ccc(S(N)(=O)=O)cc3)o2)c1.Cl. The van der Waals surface area contributed by atoms with Gasteiger partial charge in [-0.1, -0.05) is 12.1 Å². The van der Waals surface area contributed by atoms with Gasteiger partial charge in [0.1, 0.15) is 11.5 Å². The van der Waals surface area contributed by atoms with Crippen LogP contribution in [0.3, 0.4) is 0 Å². The standard InChI is InChI=1S/C23H24N2O7S.ClH/c1-30-22(26)17-11-16(12-18(13-17)23(27)31-2)21-8-5-19(32-21)14-25-10-9-15-3-6-20(7-4-15)33(24,28)29;/h3-8,11-13,25H,9-10,14H2,1-2H3,(H2,24,28,29);1H. The maximum Gasteiger partial charge on any atom is 0.337 e. The van der Waals surface area contributed by atoms with E-state index in [9.17, 15) is 18.0 Å². The Bertz CT molecular complexity index is 1220. The fraction of sp³-hybridized carbons (Fsp3) is 0.217. The first-order valence-electron chi connectivity index (χ1n) is 9.94. The van der Waals surface area contributed by atoms with Crippen molar-refractivity contribution in [3.63, 3.8) is 0 Å². The summed E-state index contributed by atoms with van der Waals surface area (Å²) >= 11 is 0. The van der Waals surface area contributed by atoms with Gasteiger partial charge in [-0.25, -0.2) is 23.1 Å². The number of primary sulfonamides is 1. The van der Waals surface area contributed by atoms with E-state index < -0.39 is 22.0 Å². The molecule has 182 valence electrons. The normalized spacial score (nSPS) is 10.9. The fourth-order valence-corrected chi connectivity index (χ4v) is 3.67. The summed E-state index contributed by atoms with van der Waals surface area (Å²) in [7, 11) is -1.18. The minimum absolute atomic E-state index is 0. The Morgan fingerprint density at radius 2 is 1.53 bits per heavy atom. The third kappa shape index (κ3) is 6.91. The molecule has 34 heavy (non-hydrogen) atoms. The minimum Gasteiger partial charge on any atom is -0.465 e. The van der Waals surface area contributed by atoms with Gasteiger partial charge in [0, 0.05) is 5.56 Å². The van der Waals surface area contributed by atoms with E-state index in [1.54, 1.807) is 36.4 Å². The lowest BCUT2D eigenvalue weighted by molar-refractivity contribution is 0.0599. The molecule has 0 radical (unpaired) electrons. The van der Waals surface area contributed by atoms with Gasteiger partial charge in [-0.15, -0.1) is 12.4 Å². The van der Waals surface area contributed by atoms with Gasteiger partial charge in [0.25, 0.3) is 0 Å². The molecule has 0 fully saturated rings. The van der Waals surface area contributed by atoms with Crippen molar-refractivity contribution in [3.05, 3.63) is 77.0 Å². The molecule has 0 aliphatic carbocycles. The number of sulfonamides is 1. The predicted octanol–water partition coefficient (Wildman–Crippen LogP) is 2.92. The zero-order chi connectivity index (χ0) is 24.0. The van der Waals surface area contributed by atoms with Crippen LogP contribution in [0.2, 0.25) is 0 Å². The van der Waals surface area contributed by atoms with Gasteiger partial charge in [-0.3, -0.25) is 0 Å². The van der Waals surface area contributed by atoms with Gasteiger partial charge in [0.05, 0.1) is 36.8 Å². The van der Waals surface area contributed by atoms with E-state index in [1.807, 2.05) is 0 Å². The lowest BCUT2D eigenvalue weighted by atomic mass is 10.0. The summed E-state index contributed by atoms with van der Waals surface area (Å²) in [4.78, 5) is 24.0. The summed E-state index contributed by atoms with van der Waals surface area (Å²) < 4.78 is 38.0. The first-order valence-corrected chi connectivity index (χ1v) is 11.5. The average Bonchev–Trinajstić information content (AvgIpc) is 3.29. The Labute approximate surface area is 203 Å². The van der Waals surface area contributed by atoms with Crippen LogP contribution < -0.4 is 10.5 Å². The number of benzene rings is 2. The molecule has 1 heterocycles. The molecule has 0 unspecified atom stereocenters. The summed E-state index contributed by atoms with van der Waals surface area (Å²) in [6.45, 7) is 1.09. The third-order valence-corrected chi connectivity index (χ3v) is 5.79. The van der Waals surface area contributed by atoms with Gasteiger partial charge < -0.3 is 19.2 Å². The van der Waals surface area contributed by atoms with Crippen molar-refractivity contribution < 1.29 is 31.9 Å². The number of ether oxygens (including phenoxy) is 2. The fourth-order valence-electron chi connectivity index (χ4n) is 3.16. The van der Waals surface area contributed by atoms with Crippen molar-refractivity contribution >= 4 is 34.4 Å². The Morgan fingerprint density at radius 3 is 2.06 bits per heavy atom. The monoisotopic (exact) mass is 508 g/mol. The smallest absolute Gasteiger partial charge is 0.337 e. The molecule has 0 atom stereocenters. The Kier molecular flexibility index (Phi) is 9.39. The number of carbonyl (C=O) groups is 2. The van der Waals surface area contributed by atoms with Gasteiger partial charge in [-0.2, -0.15) is 0 Å². The lowest BCUT2D eigenvalue weighted by Crippen LogP contribution is -2.16. The number of methoxy groups -OCH3 is 2. The van der Waals surface area contributed by atoms with Crippen LogP contribution in [0.5, 0.6) is 0 Å². The molecule has 0 aliphatic rings. The molecule has 9 nitrogen and oxygen atoms in total. The van der Waals surface area contributed by atoms with Crippen molar-refractivity contribution in [1.82, 2.24) is 5.32 Å². The van der Waals surface area contributed by atoms with E-state index in [0.717, 1.165) is 5.56 Å². The molecular weight excluding hydrogens is 484 g/mol. The first-order chi connectivity index (χ1) is 15.7. The number of hydrogen-bond acceptors (Lipinski definition) is 8. The number of furan rings is 1. The number of hydrogen-bond donors (Lipinski definition) is 2. The van der Waals surface area contributed by atoms with Crippen LogP contribution in [0.1, 0.15) is 32.0 Å². The van der Waals surface area contributed by atoms with Crippen LogP contribution in [0.25, 0.3) is 11.3 Å². The Morgan fingerprint density at radius 1 is 0.941 bits per heavy atom. The number of nitrogens with one attached hydrogen (secondary N) is 1. The highest BCUT2D eigenvalue weighted by molar-refractivity contribution is 7.89. The van der Waals surface area contributed by atoms with Crippen LogP contribution in [-0.2, 0) is 32.5 Å². The van der Waals surface area contributed by atoms with Crippen LogP contribution >= 0.6 is 12.4 Å². The van der Waals surface area contributed by atoms with Gasteiger partial charge in [-0.05, 0) is 61.0 Å². The molecule has 0 aliphatic heterocycles. The summed E-state index contributed by atoms with van der Waals surface area (Å²) in [5.41, 5.74) is 1.92. The van der Waals surface area contributed by atoms with Crippen LogP contribution in [-0.4, -0.2) is 41.1 Å².